The maximum absolute atomic E-state index is 13.0. The van der Waals surface area contributed by atoms with Gasteiger partial charge in [0, 0.05) is 6.42 Å². The van der Waals surface area contributed by atoms with Gasteiger partial charge in [0.15, 0.2) is 12.4 Å². The van der Waals surface area contributed by atoms with E-state index >= 15 is 0 Å². The SMILES string of the molecule is CCCCCCCCCCCCC/C=C/[C@@H](O)[C@H](COC1OC(CO)C(O)C(O)C1OS(=O)(=O)[O-])NC(=O)CCCCCCCCCCCCCCC. The van der Waals surface area contributed by atoms with Gasteiger partial charge in [-0.2, -0.15) is 0 Å². The van der Waals surface area contributed by atoms with Gasteiger partial charge in [-0.05, 0) is 19.3 Å². The predicted molar refractivity (Wildman–Crippen MR) is 207 cm³/mol. The molecule has 1 aliphatic heterocycles. The average molecular weight is 779 g/mol. The lowest BCUT2D eigenvalue weighted by Gasteiger charge is -2.42. The molecule has 314 valence electrons. The third kappa shape index (κ3) is 25.6. The fourth-order valence-electron chi connectivity index (χ4n) is 6.73. The van der Waals surface area contributed by atoms with Crippen molar-refractivity contribution in [3.8, 4) is 0 Å². The first kappa shape index (κ1) is 49.9. The second-order valence-electron chi connectivity index (χ2n) is 14.9. The number of amides is 1. The first-order valence-electron chi connectivity index (χ1n) is 21.1. The van der Waals surface area contributed by atoms with Crippen LogP contribution in [0.4, 0.5) is 0 Å². The number of aliphatic hydroxyl groups is 4. The summed E-state index contributed by atoms with van der Waals surface area (Å²) >= 11 is 0. The molecule has 53 heavy (non-hydrogen) atoms. The lowest BCUT2D eigenvalue weighted by molar-refractivity contribution is -0.297. The Hall–Kier alpha value is -1.16. The van der Waals surface area contributed by atoms with Crippen molar-refractivity contribution in [2.75, 3.05) is 13.2 Å². The van der Waals surface area contributed by atoms with E-state index in [4.69, 9.17) is 9.47 Å². The largest absolute Gasteiger partial charge is 0.726 e. The number of nitrogens with one attached hydrogen (secondary N) is 1. The highest BCUT2D eigenvalue weighted by molar-refractivity contribution is 7.80. The Morgan fingerprint density at radius 3 is 1.66 bits per heavy atom. The Morgan fingerprint density at radius 2 is 1.21 bits per heavy atom. The highest BCUT2D eigenvalue weighted by atomic mass is 32.3. The number of rotatable bonds is 35. The van der Waals surface area contributed by atoms with Crippen LogP contribution in [0.15, 0.2) is 12.2 Å². The fourth-order valence-corrected chi connectivity index (χ4v) is 7.21. The molecule has 12 nitrogen and oxygen atoms in total. The zero-order valence-electron chi connectivity index (χ0n) is 33.0. The molecule has 1 aliphatic rings. The summed E-state index contributed by atoms with van der Waals surface area (Å²) in [7, 11) is -5.34. The molecule has 0 bridgehead atoms. The van der Waals surface area contributed by atoms with E-state index in [1.165, 1.54) is 109 Å². The summed E-state index contributed by atoms with van der Waals surface area (Å²) in [5, 5.41) is 44.1. The maximum Gasteiger partial charge on any atom is 0.220 e. The highest BCUT2D eigenvalue weighted by Crippen LogP contribution is 2.26. The smallest absolute Gasteiger partial charge is 0.220 e. The van der Waals surface area contributed by atoms with Crippen LogP contribution in [0.25, 0.3) is 0 Å². The molecular formula is C40H76NO11S-. The zero-order chi connectivity index (χ0) is 39.2. The number of aliphatic hydroxyl groups excluding tert-OH is 4. The number of hydrogen-bond acceptors (Lipinski definition) is 11. The van der Waals surface area contributed by atoms with E-state index in [1.807, 2.05) is 6.08 Å². The minimum atomic E-state index is -5.34. The van der Waals surface area contributed by atoms with E-state index in [0.29, 0.717) is 6.42 Å². The van der Waals surface area contributed by atoms with Crippen molar-refractivity contribution in [1.82, 2.24) is 5.32 Å². The number of carbonyl (C=O) groups excluding carboxylic acids is 1. The number of hydrogen-bond donors (Lipinski definition) is 5. The van der Waals surface area contributed by atoms with Crippen molar-refractivity contribution in [2.45, 2.75) is 224 Å². The highest BCUT2D eigenvalue weighted by Gasteiger charge is 2.47. The van der Waals surface area contributed by atoms with E-state index in [-0.39, 0.29) is 12.3 Å². The van der Waals surface area contributed by atoms with Crippen LogP contribution in [0.3, 0.4) is 0 Å². The third-order valence-electron chi connectivity index (χ3n) is 10.1. The topological polar surface area (TPSA) is 195 Å². The van der Waals surface area contributed by atoms with Gasteiger partial charge in [-0.1, -0.05) is 167 Å². The van der Waals surface area contributed by atoms with E-state index in [1.54, 1.807) is 6.08 Å². The summed E-state index contributed by atoms with van der Waals surface area (Å²) in [6.45, 7) is 3.32. The number of ether oxygens (including phenoxy) is 2. The molecule has 1 amide bonds. The number of allylic oxidation sites excluding steroid dienone is 1. The van der Waals surface area contributed by atoms with Crippen LogP contribution in [0.2, 0.25) is 0 Å². The van der Waals surface area contributed by atoms with Gasteiger partial charge in [0.05, 0.1) is 25.4 Å². The van der Waals surface area contributed by atoms with Crippen molar-refractivity contribution in [1.29, 1.82) is 0 Å². The van der Waals surface area contributed by atoms with E-state index < -0.39 is 66.5 Å². The average Bonchev–Trinajstić information content (AvgIpc) is 3.12. The number of carbonyl (C=O) groups is 1. The van der Waals surface area contributed by atoms with Crippen molar-refractivity contribution >= 4 is 16.3 Å². The van der Waals surface area contributed by atoms with Crippen molar-refractivity contribution in [2.24, 2.45) is 0 Å². The molecule has 0 radical (unpaired) electrons. The van der Waals surface area contributed by atoms with E-state index in [2.05, 4.69) is 23.3 Å². The molecule has 0 aromatic carbocycles. The molecule has 0 saturated carbocycles. The van der Waals surface area contributed by atoms with E-state index in [0.717, 1.165) is 44.9 Å². The first-order chi connectivity index (χ1) is 25.5. The summed E-state index contributed by atoms with van der Waals surface area (Å²) in [6, 6.07) is -0.984. The summed E-state index contributed by atoms with van der Waals surface area (Å²) in [5.74, 6) is -0.289. The molecule has 5 N–H and O–H groups in total. The van der Waals surface area contributed by atoms with Crippen molar-refractivity contribution < 1.29 is 51.8 Å². The Labute approximate surface area is 321 Å². The summed E-state index contributed by atoms with van der Waals surface area (Å²) < 4.78 is 49.7. The third-order valence-corrected chi connectivity index (χ3v) is 10.5. The summed E-state index contributed by atoms with van der Waals surface area (Å²) in [6.07, 6.45) is 23.5. The zero-order valence-corrected chi connectivity index (χ0v) is 33.9. The summed E-state index contributed by atoms with van der Waals surface area (Å²) in [4.78, 5) is 13.0. The quantitative estimate of drug-likeness (QED) is 0.0195. The Balaban J connectivity index is 2.62. The molecule has 1 rings (SSSR count). The van der Waals surface area contributed by atoms with Crippen LogP contribution >= 0.6 is 0 Å². The van der Waals surface area contributed by atoms with Gasteiger partial charge in [-0.3, -0.25) is 8.98 Å². The second-order valence-corrected chi connectivity index (χ2v) is 15.9. The lowest BCUT2D eigenvalue weighted by Crippen LogP contribution is -2.61. The van der Waals surface area contributed by atoms with Crippen LogP contribution in [0.5, 0.6) is 0 Å². The monoisotopic (exact) mass is 779 g/mol. The normalized spacial score (nSPS) is 22.0. The standard InChI is InChI=1S/C40H77NO11S/c1-3-5-7-9-11-13-15-17-19-21-23-25-27-29-34(43)33(32-50-40-39(52-53(47,48)49)38(46)37(45)35(31-42)51-40)41-36(44)30-28-26-24-22-20-18-16-14-12-10-8-6-4-2/h27,29,33-35,37-40,42-43,45-46H,3-26,28,30-32H2,1-2H3,(H,41,44)(H,47,48,49)/p-1/b29-27+/t33-,34+,35?,37?,38?,39?,40?/m0/s1. The lowest BCUT2D eigenvalue weighted by atomic mass is 9.99. The van der Waals surface area contributed by atoms with Crippen LogP contribution in [-0.4, -0.2) is 95.4 Å². The van der Waals surface area contributed by atoms with Crippen LogP contribution in [-0.2, 0) is 28.9 Å². The van der Waals surface area contributed by atoms with Gasteiger partial charge in [-0.25, -0.2) is 8.42 Å². The van der Waals surface area contributed by atoms with Gasteiger partial charge < -0.3 is 39.8 Å². The van der Waals surface area contributed by atoms with Crippen LogP contribution in [0, 0.1) is 0 Å². The Morgan fingerprint density at radius 1 is 0.755 bits per heavy atom. The Kier molecular flexibility index (Phi) is 30.1. The summed E-state index contributed by atoms with van der Waals surface area (Å²) in [5.41, 5.74) is 0. The van der Waals surface area contributed by atoms with E-state index in [9.17, 15) is 38.2 Å². The molecular weight excluding hydrogens is 703 g/mol. The predicted octanol–water partition coefficient (Wildman–Crippen LogP) is 6.87. The minimum Gasteiger partial charge on any atom is -0.726 e. The molecule has 0 aliphatic carbocycles. The molecule has 0 aromatic rings. The minimum absolute atomic E-state index is 0.251. The second kappa shape index (κ2) is 32.0. The van der Waals surface area contributed by atoms with Gasteiger partial charge in [0.1, 0.15) is 18.3 Å². The number of unbranched alkanes of at least 4 members (excludes halogenated alkanes) is 23. The Bertz CT molecular complexity index is 1010. The first-order valence-corrected chi connectivity index (χ1v) is 22.4. The van der Waals surface area contributed by atoms with Crippen molar-refractivity contribution in [3.05, 3.63) is 12.2 Å². The molecule has 1 fully saturated rings. The van der Waals surface area contributed by atoms with Gasteiger partial charge in [0.2, 0.25) is 16.3 Å². The van der Waals surface area contributed by atoms with Gasteiger partial charge in [-0.15, -0.1) is 0 Å². The van der Waals surface area contributed by atoms with Crippen LogP contribution < -0.4 is 5.32 Å². The molecule has 5 unspecified atom stereocenters. The molecule has 1 saturated heterocycles. The van der Waals surface area contributed by atoms with Gasteiger partial charge in [0.25, 0.3) is 0 Å². The van der Waals surface area contributed by atoms with Gasteiger partial charge >= 0.3 is 0 Å². The molecule has 7 atom stereocenters. The molecule has 1 heterocycles. The fraction of sp³-hybridized carbons (Fsp3) is 0.925. The maximum atomic E-state index is 13.0. The van der Waals surface area contributed by atoms with Crippen molar-refractivity contribution in [3.63, 3.8) is 0 Å². The molecule has 13 heteroatoms. The molecule has 0 spiro atoms. The molecule has 0 aromatic heterocycles. The van der Waals surface area contributed by atoms with Crippen LogP contribution in [0.1, 0.15) is 181 Å².